The topological polar surface area (TPSA) is 158 Å². The summed E-state index contributed by atoms with van der Waals surface area (Å²) in [5.41, 5.74) is 0. The van der Waals surface area contributed by atoms with E-state index in [0.29, 0.717) is 32.1 Å². The first kappa shape index (κ1) is 65.8. The Balaban J connectivity index is 5.66. The number of unbranched alkanes of at least 4 members (excludes halogenated alkanes) is 32. The van der Waals surface area contributed by atoms with Gasteiger partial charge in [-0.15, -0.1) is 0 Å². The molecule has 0 rings (SSSR count). The van der Waals surface area contributed by atoms with Gasteiger partial charge in [-0.05, 0) is 0 Å². The summed E-state index contributed by atoms with van der Waals surface area (Å²) >= 11 is -5.61. The Morgan fingerprint density at radius 2 is 0.449 bits per heavy atom. The van der Waals surface area contributed by atoms with Gasteiger partial charge < -0.3 is 0 Å². The summed E-state index contributed by atoms with van der Waals surface area (Å²) in [6, 6.07) is 0. The Hall–Kier alpha value is -3.16. The van der Waals surface area contributed by atoms with Gasteiger partial charge in [0.1, 0.15) is 0 Å². The van der Waals surface area contributed by atoms with Crippen molar-refractivity contribution in [3.63, 3.8) is 0 Å². The number of carbonyl (C=O) groups is 6. The Bertz CT molecular complexity index is 1240. The summed E-state index contributed by atoms with van der Waals surface area (Å²) in [6.45, 7) is 9.34. The van der Waals surface area contributed by atoms with Crippen LogP contribution < -0.4 is 0 Å². The normalized spacial score (nSPS) is 11.7. The Morgan fingerprint density at radius 1 is 0.261 bits per heavy atom. The molecule has 0 atom stereocenters. The number of ether oxygens (including phenoxy) is 3. The van der Waals surface area contributed by atoms with Crippen LogP contribution in [-0.4, -0.2) is 75.3 Å². The molecule has 0 saturated heterocycles. The van der Waals surface area contributed by atoms with Gasteiger partial charge in [0.2, 0.25) is 0 Å². The van der Waals surface area contributed by atoms with Crippen LogP contribution >= 0.6 is 0 Å². The van der Waals surface area contributed by atoms with Crippen LogP contribution in [0.3, 0.4) is 0 Å². The van der Waals surface area contributed by atoms with Gasteiger partial charge in [0.05, 0.1) is 0 Å². The molecule has 0 aliphatic carbocycles. The molecule has 398 valence electrons. The second kappa shape index (κ2) is 49.8. The monoisotopic (exact) mass is 1080 g/mol. The van der Waals surface area contributed by atoms with E-state index < -0.39 is 55.4 Å². The van der Waals surface area contributed by atoms with Crippen molar-refractivity contribution in [3.05, 3.63) is 36.5 Å². The molecule has 0 N–H and O–H groups in total. The van der Waals surface area contributed by atoms with Gasteiger partial charge in [-0.2, -0.15) is 0 Å². The SMILES string of the molecule is CCCCCCCCCCCCOC(=O)/C=C\C(=O)[O][Sn]([CH2]CCCCCCC)([O]C(=O)/C=C\C(=O)OCCCCCCCCCCCC)[O]C(=O)/C=C/C(=O)OCCCCCCCCCCCC. The van der Waals surface area contributed by atoms with E-state index in [1.165, 1.54) is 116 Å². The van der Waals surface area contributed by atoms with Crippen molar-refractivity contribution in [1.29, 1.82) is 0 Å². The van der Waals surface area contributed by atoms with Crippen LogP contribution in [0.15, 0.2) is 36.5 Å². The molecular weight excluding hydrogens is 983 g/mol. The zero-order valence-corrected chi connectivity index (χ0v) is 47.0. The van der Waals surface area contributed by atoms with Crippen molar-refractivity contribution in [2.24, 2.45) is 0 Å². The van der Waals surface area contributed by atoms with Gasteiger partial charge in [0.25, 0.3) is 0 Å². The smallest absolute Gasteiger partial charge is 0.0654 e. The molecule has 0 aliphatic rings. The summed E-state index contributed by atoms with van der Waals surface area (Å²) < 4.78 is 33.1. The number of carbonyl (C=O) groups excluding carboxylic acids is 6. The van der Waals surface area contributed by atoms with E-state index >= 15 is 0 Å². The van der Waals surface area contributed by atoms with Crippen LogP contribution in [-0.2, 0) is 52.2 Å². The first-order valence-electron chi connectivity index (χ1n) is 27.8. The maximum absolute atomic E-state index is 13.3. The Labute approximate surface area is 425 Å². The molecule has 0 heterocycles. The number of hydrogen-bond acceptors (Lipinski definition) is 12. The van der Waals surface area contributed by atoms with Gasteiger partial charge in [0, 0.05) is 0 Å². The molecule has 0 fully saturated rings. The molecule has 0 aromatic heterocycles. The summed E-state index contributed by atoms with van der Waals surface area (Å²) in [5.74, 6) is -5.42. The molecule has 0 unspecified atom stereocenters. The molecule has 0 spiro atoms. The summed E-state index contributed by atoms with van der Waals surface area (Å²) in [4.78, 5) is 77.6. The fourth-order valence-corrected chi connectivity index (χ4v) is 14.1. The minimum atomic E-state index is -5.61. The van der Waals surface area contributed by atoms with Gasteiger partial charge in [-0.25, -0.2) is 0 Å². The predicted molar refractivity (Wildman–Crippen MR) is 278 cm³/mol. The molecule has 0 bridgehead atoms. The minimum absolute atomic E-state index is 0.0604. The quantitative estimate of drug-likeness (QED) is 0.0187. The van der Waals surface area contributed by atoms with Crippen molar-refractivity contribution < 1.29 is 52.2 Å². The minimum Gasteiger partial charge on any atom is -0.0654 e. The van der Waals surface area contributed by atoms with E-state index in [2.05, 4.69) is 27.7 Å². The first-order valence-corrected chi connectivity index (χ1v) is 33.4. The third-order valence-corrected chi connectivity index (χ3v) is 19.0. The number of rotatable bonds is 49. The fraction of sp³-hybridized carbons (Fsp3) is 0.786. The molecule has 13 heteroatoms. The van der Waals surface area contributed by atoms with Crippen LogP contribution in [0.2, 0.25) is 4.44 Å². The molecule has 0 saturated carbocycles. The van der Waals surface area contributed by atoms with E-state index in [9.17, 15) is 28.8 Å². The van der Waals surface area contributed by atoms with E-state index in [1.807, 2.05) is 0 Å². The van der Waals surface area contributed by atoms with Crippen molar-refractivity contribution in [2.75, 3.05) is 19.8 Å². The first-order chi connectivity index (χ1) is 33.6. The zero-order chi connectivity index (χ0) is 50.7. The van der Waals surface area contributed by atoms with Gasteiger partial charge in [0.15, 0.2) is 0 Å². The van der Waals surface area contributed by atoms with Gasteiger partial charge >= 0.3 is 310 Å². The summed E-state index contributed by atoms with van der Waals surface area (Å²) in [5, 5.41) is 0. The molecule has 0 amide bonds. The van der Waals surface area contributed by atoms with Crippen LogP contribution in [0.5, 0.6) is 0 Å². The van der Waals surface area contributed by atoms with E-state index in [4.69, 9.17) is 23.4 Å². The molecule has 0 aromatic carbocycles. The van der Waals surface area contributed by atoms with Crippen LogP contribution in [0.25, 0.3) is 0 Å². The van der Waals surface area contributed by atoms with Crippen LogP contribution in [0.1, 0.15) is 259 Å². The fourth-order valence-electron chi connectivity index (χ4n) is 7.74. The van der Waals surface area contributed by atoms with E-state index in [0.717, 1.165) is 120 Å². The maximum atomic E-state index is 13.3. The van der Waals surface area contributed by atoms with E-state index in [-0.39, 0.29) is 24.3 Å². The van der Waals surface area contributed by atoms with Crippen LogP contribution in [0, 0.1) is 0 Å². The summed E-state index contributed by atoms with van der Waals surface area (Å²) in [7, 11) is 0. The predicted octanol–water partition coefficient (Wildman–Crippen LogP) is 15.0. The average Bonchev–Trinajstić information content (AvgIpc) is 3.33. The average molecular weight is 1080 g/mol. The van der Waals surface area contributed by atoms with Crippen molar-refractivity contribution in [3.8, 4) is 0 Å². The number of esters is 3. The zero-order valence-electron chi connectivity index (χ0n) is 44.1. The molecular formula is C56H98O12Sn. The summed E-state index contributed by atoms with van der Waals surface area (Å²) in [6.07, 6.45) is 44.4. The van der Waals surface area contributed by atoms with Crippen molar-refractivity contribution >= 4 is 55.4 Å². The van der Waals surface area contributed by atoms with Crippen LogP contribution in [0.4, 0.5) is 0 Å². The molecule has 0 aromatic rings. The molecule has 69 heavy (non-hydrogen) atoms. The molecule has 0 aliphatic heterocycles. The van der Waals surface area contributed by atoms with E-state index in [1.54, 1.807) is 0 Å². The molecule has 12 nitrogen and oxygen atoms in total. The van der Waals surface area contributed by atoms with Gasteiger partial charge in [-0.3, -0.25) is 0 Å². The van der Waals surface area contributed by atoms with Gasteiger partial charge in [-0.1, -0.05) is 117 Å². The third kappa shape index (κ3) is 45.7. The second-order valence-electron chi connectivity index (χ2n) is 18.5. The Kier molecular flexibility index (Phi) is 47.5. The molecule has 0 radical (unpaired) electrons. The standard InChI is InChI=1S/3C16H28O4.C8H17.Sn/c3*1-2-3-4-5-6-7-8-9-10-11-14-20-16(19)13-12-15(17)18;1-3-5-7-8-6-4-2;/h3*12-13H,2-11,14H2,1H3,(H,17,18);1,3-8H2,2H3;/q;;;;+3/p-3/b13-12+;2*13-12-;;. The Morgan fingerprint density at radius 3 is 0.681 bits per heavy atom. The number of hydrogen-bond donors (Lipinski definition) is 0. The van der Waals surface area contributed by atoms with Crippen molar-refractivity contribution in [2.45, 2.75) is 263 Å². The van der Waals surface area contributed by atoms with Crippen molar-refractivity contribution in [1.82, 2.24) is 0 Å². The second-order valence-corrected chi connectivity index (χ2v) is 25.6. The third-order valence-electron chi connectivity index (χ3n) is 11.9.